The van der Waals surface area contributed by atoms with Crippen molar-refractivity contribution in [2.24, 2.45) is 5.41 Å². The van der Waals surface area contributed by atoms with Crippen molar-refractivity contribution >= 4 is 17.3 Å². The molecule has 4 nitrogen and oxygen atoms in total. The first-order valence-corrected chi connectivity index (χ1v) is 6.53. The summed E-state index contributed by atoms with van der Waals surface area (Å²) < 4.78 is 0. The topological polar surface area (TPSA) is 58.4 Å². The van der Waals surface area contributed by atoms with Crippen molar-refractivity contribution < 1.29 is 4.79 Å². The molecule has 0 aromatic heterocycles. The normalized spacial score (nSPS) is 12.9. The molecule has 19 heavy (non-hydrogen) atoms. The Morgan fingerprint density at radius 1 is 1.37 bits per heavy atom. The SMILES string of the molecule is CNC(=O)c1ccc(N)cc1N(C)C(C)C(C)(C)C. The molecule has 1 atom stereocenters. The largest absolute Gasteiger partial charge is 0.399 e. The van der Waals surface area contributed by atoms with Crippen LogP contribution < -0.4 is 16.0 Å². The van der Waals surface area contributed by atoms with Crippen LogP contribution >= 0.6 is 0 Å². The van der Waals surface area contributed by atoms with Crippen LogP contribution in [0.25, 0.3) is 0 Å². The maximum atomic E-state index is 11.9. The van der Waals surface area contributed by atoms with E-state index < -0.39 is 0 Å². The van der Waals surface area contributed by atoms with Gasteiger partial charge < -0.3 is 16.0 Å². The van der Waals surface area contributed by atoms with Gasteiger partial charge in [0.05, 0.1) is 11.3 Å². The van der Waals surface area contributed by atoms with Crippen molar-refractivity contribution in [3.63, 3.8) is 0 Å². The van der Waals surface area contributed by atoms with Crippen LogP contribution in [0.3, 0.4) is 0 Å². The molecule has 0 aliphatic rings. The molecule has 1 rings (SSSR count). The smallest absolute Gasteiger partial charge is 0.253 e. The van der Waals surface area contributed by atoms with E-state index in [1.54, 1.807) is 19.2 Å². The lowest BCUT2D eigenvalue weighted by Gasteiger charge is -2.37. The van der Waals surface area contributed by atoms with Crippen molar-refractivity contribution in [3.8, 4) is 0 Å². The highest BCUT2D eigenvalue weighted by atomic mass is 16.1. The van der Waals surface area contributed by atoms with Crippen LogP contribution in [0.5, 0.6) is 0 Å². The van der Waals surface area contributed by atoms with Gasteiger partial charge in [0, 0.05) is 25.8 Å². The third-order valence-corrected chi connectivity index (χ3v) is 3.71. The number of benzene rings is 1. The van der Waals surface area contributed by atoms with Crippen LogP contribution in [0, 0.1) is 5.41 Å². The Balaban J connectivity index is 3.24. The molecule has 0 aliphatic heterocycles. The highest BCUT2D eigenvalue weighted by Gasteiger charge is 2.26. The number of anilines is 2. The predicted molar refractivity (Wildman–Crippen MR) is 81.6 cm³/mol. The van der Waals surface area contributed by atoms with Crippen LogP contribution in [0.2, 0.25) is 0 Å². The number of nitrogens with zero attached hydrogens (tertiary/aromatic N) is 1. The zero-order valence-corrected chi connectivity index (χ0v) is 12.7. The number of hydrogen-bond acceptors (Lipinski definition) is 3. The molecule has 0 fully saturated rings. The van der Waals surface area contributed by atoms with E-state index in [1.165, 1.54) is 0 Å². The van der Waals surface area contributed by atoms with Crippen molar-refractivity contribution in [1.82, 2.24) is 5.32 Å². The van der Waals surface area contributed by atoms with Crippen molar-refractivity contribution in [2.75, 3.05) is 24.7 Å². The molecule has 4 heteroatoms. The first-order valence-electron chi connectivity index (χ1n) is 6.53. The van der Waals surface area contributed by atoms with Gasteiger partial charge in [-0.25, -0.2) is 0 Å². The van der Waals surface area contributed by atoms with Crippen molar-refractivity contribution in [1.29, 1.82) is 0 Å². The number of carbonyl (C=O) groups excluding carboxylic acids is 1. The molecule has 0 bridgehead atoms. The standard InChI is InChI=1S/C15H25N3O/c1-10(15(2,3)4)18(6)13-9-11(16)7-8-12(13)14(19)17-5/h7-10H,16H2,1-6H3,(H,17,19). The van der Waals surface area contributed by atoms with Gasteiger partial charge in [-0.2, -0.15) is 0 Å². The Morgan fingerprint density at radius 3 is 2.42 bits per heavy atom. The second-order valence-electron chi connectivity index (χ2n) is 6.01. The van der Waals surface area contributed by atoms with Crippen molar-refractivity contribution in [3.05, 3.63) is 23.8 Å². The Morgan fingerprint density at radius 2 is 1.95 bits per heavy atom. The van der Waals surface area contributed by atoms with E-state index in [0.717, 1.165) is 5.69 Å². The number of nitrogens with one attached hydrogen (secondary N) is 1. The molecule has 0 heterocycles. The summed E-state index contributed by atoms with van der Waals surface area (Å²) in [5, 5.41) is 2.67. The second-order valence-corrected chi connectivity index (χ2v) is 6.01. The minimum atomic E-state index is -0.0945. The highest BCUT2D eigenvalue weighted by Crippen LogP contribution is 2.30. The second kappa shape index (κ2) is 5.51. The maximum Gasteiger partial charge on any atom is 0.253 e. The molecule has 3 N–H and O–H groups in total. The van der Waals surface area contributed by atoms with Gasteiger partial charge >= 0.3 is 0 Å². The van der Waals surface area contributed by atoms with Gasteiger partial charge in [0.2, 0.25) is 0 Å². The average molecular weight is 263 g/mol. The van der Waals surface area contributed by atoms with Gasteiger partial charge in [-0.15, -0.1) is 0 Å². The third-order valence-electron chi connectivity index (χ3n) is 3.71. The van der Waals surface area contributed by atoms with E-state index in [-0.39, 0.29) is 17.4 Å². The van der Waals surface area contributed by atoms with Gasteiger partial charge in [0.25, 0.3) is 5.91 Å². The number of hydrogen-bond donors (Lipinski definition) is 2. The molecule has 0 saturated carbocycles. The molecule has 0 spiro atoms. The Bertz CT molecular complexity index is 463. The fourth-order valence-electron chi connectivity index (χ4n) is 1.96. The highest BCUT2D eigenvalue weighted by molar-refractivity contribution is 6.00. The summed E-state index contributed by atoms with van der Waals surface area (Å²) in [6.07, 6.45) is 0. The fraction of sp³-hybridized carbons (Fsp3) is 0.533. The lowest BCUT2D eigenvalue weighted by atomic mass is 9.86. The first-order chi connectivity index (χ1) is 8.68. The minimum absolute atomic E-state index is 0.0945. The summed E-state index contributed by atoms with van der Waals surface area (Å²) in [5.74, 6) is -0.0945. The lowest BCUT2D eigenvalue weighted by molar-refractivity contribution is 0.0963. The molecule has 1 aromatic rings. The van der Waals surface area contributed by atoms with Crippen LogP contribution in [-0.2, 0) is 0 Å². The van der Waals surface area contributed by atoms with Crippen LogP contribution in [-0.4, -0.2) is 26.0 Å². The molecule has 0 saturated heterocycles. The van der Waals surface area contributed by atoms with Gasteiger partial charge in [0.1, 0.15) is 0 Å². The van der Waals surface area contributed by atoms with E-state index in [2.05, 4.69) is 37.9 Å². The molecule has 0 aliphatic carbocycles. The van der Waals surface area contributed by atoms with E-state index in [1.807, 2.05) is 13.1 Å². The number of amides is 1. The molecular formula is C15H25N3O. The number of nitrogens with two attached hydrogens (primary N) is 1. The molecule has 1 unspecified atom stereocenters. The van der Waals surface area contributed by atoms with Crippen LogP contribution in [0.4, 0.5) is 11.4 Å². The first kappa shape index (κ1) is 15.3. The van der Waals surface area contributed by atoms with E-state index >= 15 is 0 Å². The van der Waals surface area contributed by atoms with Gasteiger partial charge in [-0.1, -0.05) is 20.8 Å². The average Bonchev–Trinajstić information content (AvgIpc) is 2.34. The quantitative estimate of drug-likeness (QED) is 0.824. The molecular weight excluding hydrogens is 238 g/mol. The summed E-state index contributed by atoms with van der Waals surface area (Å²) in [6, 6.07) is 5.66. The Labute approximate surface area is 116 Å². The predicted octanol–water partition coefficient (Wildman–Crippen LogP) is 2.50. The van der Waals surface area contributed by atoms with E-state index in [4.69, 9.17) is 5.73 Å². The lowest BCUT2D eigenvalue weighted by Crippen LogP contribution is -2.40. The molecule has 0 radical (unpaired) electrons. The summed E-state index contributed by atoms with van der Waals surface area (Å²) in [6.45, 7) is 8.69. The number of nitrogen functional groups attached to an aromatic ring is 1. The van der Waals surface area contributed by atoms with Crippen LogP contribution in [0.15, 0.2) is 18.2 Å². The number of carbonyl (C=O) groups is 1. The Hall–Kier alpha value is -1.71. The molecule has 1 aromatic carbocycles. The summed E-state index contributed by atoms with van der Waals surface area (Å²) in [4.78, 5) is 14.1. The monoisotopic (exact) mass is 263 g/mol. The van der Waals surface area contributed by atoms with Gasteiger partial charge in [-0.05, 0) is 30.5 Å². The van der Waals surface area contributed by atoms with Gasteiger partial charge in [0.15, 0.2) is 0 Å². The number of rotatable bonds is 3. The van der Waals surface area contributed by atoms with Crippen LogP contribution in [0.1, 0.15) is 38.1 Å². The third kappa shape index (κ3) is 3.40. The summed E-state index contributed by atoms with van der Waals surface area (Å²) in [5.41, 5.74) is 8.14. The van der Waals surface area contributed by atoms with E-state index in [0.29, 0.717) is 11.3 Å². The van der Waals surface area contributed by atoms with E-state index in [9.17, 15) is 4.79 Å². The molecule has 106 valence electrons. The maximum absolute atomic E-state index is 11.9. The Kier molecular flexibility index (Phi) is 4.45. The fourth-order valence-corrected chi connectivity index (χ4v) is 1.96. The van der Waals surface area contributed by atoms with Crippen molar-refractivity contribution in [2.45, 2.75) is 33.7 Å². The van der Waals surface area contributed by atoms with Gasteiger partial charge in [-0.3, -0.25) is 4.79 Å². The zero-order chi connectivity index (χ0) is 14.8. The zero-order valence-electron chi connectivity index (χ0n) is 12.7. The summed E-state index contributed by atoms with van der Waals surface area (Å²) >= 11 is 0. The summed E-state index contributed by atoms with van der Waals surface area (Å²) in [7, 11) is 3.63. The molecule has 1 amide bonds. The minimum Gasteiger partial charge on any atom is -0.399 e.